The van der Waals surface area contributed by atoms with Crippen molar-refractivity contribution in [3.63, 3.8) is 0 Å². The molecule has 0 bridgehead atoms. The van der Waals surface area contributed by atoms with Gasteiger partial charge in [0.15, 0.2) is 5.82 Å². The number of anilines is 1. The molecule has 1 fully saturated rings. The van der Waals surface area contributed by atoms with Crippen molar-refractivity contribution in [1.29, 1.82) is 0 Å². The van der Waals surface area contributed by atoms with E-state index in [0.717, 1.165) is 56.8 Å². The Balaban J connectivity index is 1.50. The molecule has 2 aliphatic heterocycles. The highest BCUT2D eigenvalue weighted by molar-refractivity contribution is 5.97. The van der Waals surface area contributed by atoms with Gasteiger partial charge in [-0.1, -0.05) is 13.0 Å². The predicted octanol–water partition coefficient (Wildman–Crippen LogP) is 1.72. The van der Waals surface area contributed by atoms with Gasteiger partial charge in [0.25, 0.3) is 11.8 Å². The lowest BCUT2D eigenvalue weighted by atomic mass is 10.1. The lowest BCUT2D eigenvalue weighted by Crippen LogP contribution is -2.49. The molecule has 29 heavy (non-hydrogen) atoms. The molecule has 1 N–H and O–H groups in total. The minimum absolute atomic E-state index is 0.0802. The van der Waals surface area contributed by atoms with Crippen LogP contribution in [0.4, 0.5) is 5.82 Å². The Bertz CT molecular complexity index is 871. The van der Waals surface area contributed by atoms with E-state index in [-0.39, 0.29) is 11.8 Å². The Kier molecular flexibility index (Phi) is 5.78. The van der Waals surface area contributed by atoms with Crippen molar-refractivity contribution < 1.29 is 9.59 Å². The van der Waals surface area contributed by atoms with E-state index in [9.17, 15) is 9.59 Å². The first-order chi connectivity index (χ1) is 14.2. The van der Waals surface area contributed by atoms with Gasteiger partial charge in [-0.25, -0.2) is 9.97 Å². The van der Waals surface area contributed by atoms with Crippen LogP contribution in [0.3, 0.4) is 0 Å². The van der Waals surface area contributed by atoms with Crippen LogP contribution in [0.25, 0.3) is 0 Å². The van der Waals surface area contributed by atoms with Crippen LogP contribution in [0.5, 0.6) is 0 Å². The highest BCUT2D eigenvalue weighted by atomic mass is 16.2. The molecule has 4 rings (SSSR count). The number of aromatic nitrogens is 3. The zero-order valence-electron chi connectivity index (χ0n) is 16.9. The fourth-order valence-corrected chi connectivity index (χ4v) is 4.03. The summed E-state index contributed by atoms with van der Waals surface area (Å²) in [6.07, 6.45) is 5.48. The van der Waals surface area contributed by atoms with E-state index in [1.165, 1.54) is 0 Å². The average Bonchev–Trinajstić information content (AvgIpc) is 3.17. The average molecular weight is 396 g/mol. The smallest absolute Gasteiger partial charge is 0.290 e. The molecule has 154 valence electrons. The number of piperazine rings is 1. The van der Waals surface area contributed by atoms with Gasteiger partial charge in [-0.05, 0) is 37.8 Å². The van der Waals surface area contributed by atoms with E-state index in [0.29, 0.717) is 31.2 Å². The molecule has 2 aliphatic rings. The molecule has 0 aliphatic carbocycles. The van der Waals surface area contributed by atoms with Crippen LogP contribution in [0.15, 0.2) is 24.4 Å². The van der Waals surface area contributed by atoms with Crippen molar-refractivity contribution in [1.82, 2.24) is 24.8 Å². The molecule has 8 nitrogen and oxygen atoms in total. The lowest BCUT2D eigenvalue weighted by Gasteiger charge is -2.35. The Morgan fingerprint density at radius 2 is 1.93 bits per heavy atom. The van der Waals surface area contributed by atoms with Gasteiger partial charge in [-0.2, -0.15) is 0 Å². The topological polar surface area (TPSA) is 83.4 Å². The fraction of sp³-hybridized carbons (Fsp3) is 0.524. The first-order valence-electron chi connectivity index (χ1n) is 10.5. The summed E-state index contributed by atoms with van der Waals surface area (Å²) in [6, 6.07) is 5.87. The van der Waals surface area contributed by atoms with Crippen molar-refractivity contribution in [3.8, 4) is 0 Å². The predicted molar refractivity (Wildman–Crippen MR) is 110 cm³/mol. The molecule has 0 atom stereocenters. The number of rotatable bonds is 5. The number of hydrogen-bond donors (Lipinski definition) is 1. The van der Waals surface area contributed by atoms with E-state index in [2.05, 4.69) is 20.2 Å². The van der Waals surface area contributed by atoms with Gasteiger partial charge >= 0.3 is 0 Å². The third-order valence-electron chi connectivity index (χ3n) is 5.60. The van der Waals surface area contributed by atoms with Crippen molar-refractivity contribution in [2.45, 2.75) is 39.2 Å². The quantitative estimate of drug-likeness (QED) is 0.832. The maximum Gasteiger partial charge on any atom is 0.290 e. The second-order valence-corrected chi connectivity index (χ2v) is 7.56. The molecule has 4 heterocycles. The number of fused-ring (bicyclic) bond motifs is 1. The van der Waals surface area contributed by atoms with E-state index in [1.54, 1.807) is 6.20 Å². The highest BCUT2D eigenvalue weighted by Crippen LogP contribution is 2.23. The molecule has 0 radical (unpaired) electrons. The maximum atomic E-state index is 13.2. The SMILES string of the molecule is CCCNC(=O)c1nc(C(=O)N2CCN(c3ccccn3)CC2)n2c1CCCC2. The summed E-state index contributed by atoms with van der Waals surface area (Å²) in [6.45, 7) is 6.09. The number of nitrogens with zero attached hydrogens (tertiary/aromatic N) is 5. The van der Waals surface area contributed by atoms with E-state index < -0.39 is 0 Å². The van der Waals surface area contributed by atoms with Gasteiger partial charge in [0.2, 0.25) is 0 Å². The molecular weight excluding hydrogens is 368 g/mol. The number of nitrogens with one attached hydrogen (secondary N) is 1. The molecular formula is C21H28N6O2. The van der Waals surface area contributed by atoms with Crippen LogP contribution < -0.4 is 10.2 Å². The minimum Gasteiger partial charge on any atom is -0.353 e. The Hall–Kier alpha value is -2.90. The van der Waals surface area contributed by atoms with Crippen LogP contribution in [-0.2, 0) is 13.0 Å². The Labute approximate surface area is 170 Å². The molecule has 8 heteroatoms. The van der Waals surface area contributed by atoms with Crippen LogP contribution in [-0.4, -0.2) is 64.0 Å². The summed E-state index contributed by atoms with van der Waals surface area (Å²) in [5, 5.41) is 2.90. The van der Waals surface area contributed by atoms with Gasteiger partial charge in [0.05, 0.1) is 5.69 Å². The van der Waals surface area contributed by atoms with Gasteiger partial charge in [-0.3, -0.25) is 9.59 Å². The normalized spacial score (nSPS) is 16.4. The van der Waals surface area contributed by atoms with Crippen molar-refractivity contribution >= 4 is 17.6 Å². The summed E-state index contributed by atoms with van der Waals surface area (Å²) >= 11 is 0. The lowest BCUT2D eigenvalue weighted by molar-refractivity contribution is 0.0728. The van der Waals surface area contributed by atoms with Crippen LogP contribution in [0.1, 0.15) is 53.0 Å². The Morgan fingerprint density at radius 1 is 1.10 bits per heavy atom. The Morgan fingerprint density at radius 3 is 2.66 bits per heavy atom. The van der Waals surface area contributed by atoms with Gasteiger partial charge < -0.3 is 19.7 Å². The van der Waals surface area contributed by atoms with Crippen molar-refractivity contribution in [2.75, 3.05) is 37.6 Å². The zero-order valence-corrected chi connectivity index (χ0v) is 16.9. The number of amides is 2. The summed E-state index contributed by atoms with van der Waals surface area (Å²) < 4.78 is 1.97. The molecule has 1 saturated heterocycles. The van der Waals surface area contributed by atoms with Crippen molar-refractivity contribution in [3.05, 3.63) is 41.6 Å². The number of pyridine rings is 1. The van der Waals surface area contributed by atoms with Gasteiger partial charge in [-0.15, -0.1) is 0 Å². The number of hydrogen-bond acceptors (Lipinski definition) is 5. The van der Waals surface area contributed by atoms with Crippen LogP contribution >= 0.6 is 0 Å². The molecule has 0 unspecified atom stereocenters. The standard InChI is InChI=1S/C21H28N6O2/c1-2-9-23-20(28)18-16-7-4-6-11-27(16)19(24-18)21(29)26-14-12-25(13-15-26)17-8-3-5-10-22-17/h3,5,8,10H,2,4,6-7,9,11-15H2,1H3,(H,23,28). The number of carbonyl (C=O) groups is 2. The van der Waals surface area contributed by atoms with E-state index in [1.807, 2.05) is 34.6 Å². The number of carbonyl (C=O) groups excluding carboxylic acids is 2. The molecule has 0 aromatic carbocycles. The second kappa shape index (κ2) is 8.63. The minimum atomic E-state index is -0.170. The molecule has 2 aromatic heterocycles. The maximum absolute atomic E-state index is 13.2. The second-order valence-electron chi connectivity index (χ2n) is 7.56. The van der Waals surface area contributed by atoms with E-state index in [4.69, 9.17) is 0 Å². The van der Waals surface area contributed by atoms with E-state index >= 15 is 0 Å². The van der Waals surface area contributed by atoms with Gasteiger partial charge in [0.1, 0.15) is 11.5 Å². The highest BCUT2D eigenvalue weighted by Gasteiger charge is 2.31. The summed E-state index contributed by atoms with van der Waals surface area (Å²) in [5.74, 6) is 1.10. The summed E-state index contributed by atoms with van der Waals surface area (Å²) in [5.41, 5.74) is 1.33. The summed E-state index contributed by atoms with van der Waals surface area (Å²) in [4.78, 5) is 38.8. The zero-order chi connectivity index (χ0) is 20.2. The fourth-order valence-electron chi connectivity index (χ4n) is 4.03. The third kappa shape index (κ3) is 3.97. The molecule has 2 amide bonds. The summed E-state index contributed by atoms with van der Waals surface area (Å²) in [7, 11) is 0. The molecule has 2 aromatic rings. The molecule has 0 saturated carbocycles. The molecule has 0 spiro atoms. The number of imidazole rings is 1. The van der Waals surface area contributed by atoms with Crippen LogP contribution in [0.2, 0.25) is 0 Å². The largest absolute Gasteiger partial charge is 0.353 e. The van der Waals surface area contributed by atoms with Crippen molar-refractivity contribution in [2.24, 2.45) is 0 Å². The first-order valence-corrected chi connectivity index (χ1v) is 10.5. The monoisotopic (exact) mass is 396 g/mol. The van der Waals surface area contributed by atoms with Gasteiger partial charge in [0, 0.05) is 45.5 Å². The first kappa shape index (κ1) is 19.4. The third-order valence-corrected chi connectivity index (χ3v) is 5.60. The van der Waals surface area contributed by atoms with Crippen LogP contribution in [0, 0.1) is 0 Å².